The number of carboxylic acid groups (broad SMARTS) is 1. The van der Waals surface area contributed by atoms with Gasteiger partial charge in [0.15, 0.2) is 0 Å². The summed E-state index contributed by atoms with van der Waals surface area (Å²) in [7, 11) is 1.56. The Morgan fingerprint density at radius 1 is 1.61 bits per heavy atom. The van der Waals surface area contributed by atoms with Crippen LogP contribution >= 0.6 is 11.6 Å². The molecule has 1 aliphatic heterocycles. The van der Waals surface area contributed by atoms with Crippen molar-refractivity contribution in [2.45, 2.75) is 30.7 Å². The van der Waals surface area contributed by atoms with E-state index in [4.69, 9.17) is 21.4 Å². The Morgan fingerprint density at radius 2 is 2.33 bits per heavy atom. The molecule has 0 amide bonds. The van der Waals surface area contributed by atoms with Crippen LogP contribution < -0.4 is 10.1 Å². The van der Waals surface area contributed by atoms with E-state index in [1.165, 1.54) is 0 Å². The van der Waals surface area contributed by atoms with Gasteiger partial charge in [0.1, 0.15) is 5.75 Å². The zero-order chi connectivity index (χ0) is 12.9. The fourth-order valence-corrected chi connectivity index (χ4v) is 3.10. The lowest BCUT2D eigenvalue weighted by Crippen LogP contribution is -2.24. The third-order valence-corrected chi connectivity index (χ3v) is 4.21. The third-order valence-electron chi connectivity index (χ3n) is 3.92. The number of methoxy groups -OCH3 is 1. The van der Waals surface area contributed by atoms with E-state index >= 15 is 0 Å². The molecular weight excluding hydrogens is 254 g/mol. The number of aliphatic carboxylic acids is 1. The first-order valence-electron chi connectivity index (χ1n) is 5.93. The topological polar surface area (TPSA) is 58.6 Å². The average Bonchev–Trinajstić information content (AvgIpc) is 3.01. The van der Waals surface area contributed by atoms with E-state index in [-0.39, 0.29) is 17.9 Å². The molecule has 0 aromatic heterocycles. The molecule has 1 atom stereocenters. The Kier molecular flexibility index (Phi) is 2.45. The second-order valence-corrected chi connectivity index (χ2v) is 5.41. The Hall–Kier alpha value is -1.42. The number of ether oxygens (including phenoxy) is 1. The Bertz CT molecular complexity index is 525. The Morgan fingerprint density at radius 3 is 2.89 bits per heavy atom. The molecule has 5 heteroatoms. The van der Waals surface area contributed by atoms with Crippen LogP contribution in [-0.2, 0) is 4.79 Å². The number of fused-ring (bicyclic) bond motifs is 1. The van der Waals surface area contributed by atoms with Crippen LogP contribution in [0.5, 0.6) is 5.75 Å². The SMILES string of the molecule is COc1cc2c(cc1Cl)NC1(CC1)C2CC(=O)O. The molecule has 4 nitrogen and oxygen atoms in total. The summed E-state index contributed by atoms with van der Waals surface area (Å²) in [6.07, 6.45) is 2.17. The van der Waals surface area contributed by atoms with Gasteiger partial charge in [-0.05, 0) is 30.5 Å². The van der Waals surface area contributed by atoms with Crippen molar-refractivity contribution in [2.24, 2.45) is 0 Å². The van der Waals surface area contributed by atoms with E-state index in [0.717, 1.165) is 24.1 Å². The van der Waals surface area contributed by atoms with Gasteiger partial charge >= 0.3 is 5.97 Å². The van der Waals surface area contributed by atoms with Crippen LogP contribution in [0.25, 0.3) is 0 Å². The molecule has 2 N–H and O–H groups in total. The smallest absolute Gasteiger partial charge is 0.304 e. The maximum atomic E-state index is 11.0. The van der Waals surface area contributed by atoms with Crippen molar-refractivity contribution in [1.82, 2.24) is 0 Å². The normalized spacial score (nSPS) is 22.4. The summed E-state index contributed by atoms with van der Waals surface area (Å²) in [5, 5.41) is 13.0. The van der Waals surface area contributed by atoms with Crippen LogP contribution in [-0.4, -0.2) is 23.7 Å². The summed E-state index contributed by atoms with van der Waals surface area (Å²) >= 11 is 6.09. The molecule has 0 saturated heterocycles. The molecule has 0 radical (unpaired) electrons. The predicted octanol–water partition coefficient (Wildman–Crippen LogP) is 2.87. The minimum Gasteiger partial charge on any atom is -0.495 e. The van der Waals surface area contributed by atoms with Gasteiger partial charge in [-0.1, -0.05) is 11.6 Å². The lowest BCUT2D eigenvalue weighted by Gasteiger charge is -2.17. The maximum Gasteiger partial charge on any atom is 0.304 e. The summed E-state index contributed by atoms with van der Waals surface area (Å²) in [5.74, 6) is -0.156. The van der Waals surface area contributed by atoms with E-state index in [9.17, 15) is 4.79 Å². The summed E-state index contributed by atoms with van der Waals surface area (Å²) in [6, 6.07) is 3.70. The van der Waals surface area contributed by atoms with E-state index < -0.39 is 5.97 Å². The van der Waals surface area contributed by atoms with Gasteiger partial charge in [0.05, 0.1) is 18.6 Å². The first-order chi connectivity index (χ1) is 8.55. The number of halogens is 1. The van der Waals surface area contributed by atoms with Crippen molar-refractivity contribution < 1.29 is 14.6 Å². The van der Waals surface area contributed by atoms with Gasteiger partial charge in [-0.3, -0.25) is 4.79 Å². The van der Waals surface area contributed by atoms with Crippen molar-refractivity contribution in [3.05, 3.63) is 22.7 Å². The summed E-state index contributed by atoms with van der Waals surface area (Å²) in [6.45, 7) is 0. The molecule has 1 unspecified atom stereocenters. The fraction of sp³-hybridized carbons (Fsp3) is 0.462. The minimum atomic E-state index is -0.769. The Balaban J connectivity index is 2.04. The molecule has 18 heavy (non-hydrogen) atoms. The molecule has 1 saturated carbocycles. The molecule has 96 valence electrons. The van der Waals surface area contributed by atoms with Gasteiger partial charge in [-0.15, -0.1) is 0 Å². The van der Waals surface area contributed by atoms with Gasteiger partial charge in [0.25, 0.3) is 0 Å². The number of rotatable bonds is 3. The molecule has 1 fully saturated rings. The average molecular weight is 268 g/mol. The van der Waals surface area contributed by atoms with Crippen LogP contribution in [0.3, 0.4) is 0 Å². The van der Waals surface area contributed by atoms with Crippen LogP contribution in [0.15, 0.2) is 12.1 Å². The van der Waals surface area contributed by atoms with Crippen molar-refractivity contribution in [2.75, 3.05) is 12.4 Å². The highest BCUT2D eigenvalue weighted by Gasteiger charge is 2.55. The first-order valence-corrected chi connectivity index (χ1v) is 6.31. The van der Waals surface area contributed by atoms with E-state index in [0.29, 0.717) is 10.8 Å². The van der Waals surface area contributed by atoms with E-state index in [1.807, 2.05) is 12.1 Å². The third kappa shape index (κ3) is 1.63. The van der Waals surface area contributed by atoms with Crippen LogP contribution in [0.2, 0.25) is 5.02 Å². The quantitative estimate of drug-likeness (QED) is 0.884. The highest BCUT2D eigenvalue weighted by molar-refractivity contribution is 6.32. The van der Waals surface area contributed by atoms with Crippen molar-refractivity contribution in [3.63, 3.8) is 0 Å². The first kappa shape index (κ1) is 11.7. The molecule has 1 aromatic carbocycles. The zero-order valence-corrected chi connectivity index (χ0v) is 10.8. The van der Waals surface area contributed by atoms with Crippen molar-refractivity contribution in [3.8, 4) is 5.75 Å². The standard InChI is InChI=1S/C13H14ClNO3/c1-18-11-4-7-8(5-12(16)17)13(2-3-13)15-10(7)6-9(11)14/h4,6,8,15H,2-3,5H2,1H3,(H,16,17). The molecule has 1 heterocycles. The van der Waals surface area contributed by atoms with Gasteiger partial charge in [0, 0.05) is 17.1 Å². The molecule has 3 rings (SSSR count). The van der Waals surface area contributed by atoms with Crippen LogP contribution in [0.1, 0.15) is 30.7 Å². The van der Waals surface area contributed by atoms with Gasteiger partial charge in [-0.25, -0.2) is 0 Å². The molecule has 1 spiro atoms. The monoisotopic (exact) mass is 267 g/mol. The number of benzene rings is 1. The number of anilines is 1. The van der Waals surface area contributed by atoms with Gasteiger partial charge in [0.2, 0.25) is 0 Å². The molecule has 1 aliphatic carbocycles. The zero-order valence-electron chi connectivity index (χ0n) is 10.00. The van der Waals surface area contributed by atoms with Gasteiger partial charge < -0.3 is 15.2 Å². The number of hydrogen-bond acceptors (Lipinski definition) is 3. The second-order valence-electron chi connectivity index (χ2n) is 5.01. The number of carboxylic acids is 1. The van der Waals surface area contributed by atoms with Crippen LogP contribution in [0.4, 0.5) is 5.69 Å². The van der Waals surface area contributed by atoms with Gasteiger partial charge in [-0.2, -0.15) is 0 Å². The molecule has 2 aliphatic rings. The molecule has 0 bridgehead atoms. The molecular formula is C13H14ClNO3. The van der Waals surface area contributed by atoms with Crippen molar-refractivity contribution >= 4 is 23.3 Å². The lowest BCUT2D eigenvalue weighted by atomic mass is 9.90. The number of nitrogens with one attached hydrogen (secondary N) is 1. The van der Waals surface area contributed by atoms with Crippen LogP contribution in [0, 0.1) is 0 Å². The maximum absolute atomic E-state index is 11.0. The highest BCUT2D eigenvalue weighted by atomic mass is 35.5. The lowest BCUT2D eigenvalue weighted by molar-refractivity contribution is -0.137. The highest BCUT2D eigenvalue weighted by Crippen LogP contribution is 2.58. The van der Waals surface area contributed by atoms with Crippen molar-refractivity contribution in [1.29, 1.82) is 0 Å². The fourth-order valence-electron chi connectivity index (χ4n) is 2.86. The van der Waals surface area contributed by atoms with E-state index in [1.54, 1.807) is 7.11 Å². The minimum absolute atomic E-state index is 0.0103. The number of hydrogen-bond donors (Lipinski definition) is 2. The predicted molar refractivity (Wildman–Crippen MR) is 68.6 cm³/mol. The number of carbonyl (C=O) groups is 1. The summed E-state index contributed by atoms with van der Waals surface area (Å²) in [4.78, 5) is 11.0. The van der Waals surface area contributed by atoms with E-state index in [2.05, 4.69) is 5.32 Å². The molecule has 1 aromatic rings. The second kappa shape index (κ2) is 3.79. The summed E-state index contributed by atoms with van der Waals surface area (Å²) < 4.78 is 5.20. The largest absolute Gasteiger partial charge is 0.495 e. The summed E-state index contributed by atoms with van der Waals surface area (Å²) in [5.41, 5.74) is 1.90. The Labute approximate surface area is 110 Å².